The average Bonchev–Trinajstić information content (AvgIpc) is 2.75. The quantitative estimate of drug-likeness (QED) is 0.881. The van der Waals surface area contributed by atoms with Crippen LogP contribution >= 0.6 is 50.2 Å². The van der Waals surface area contributed by atoms with Crippen molar-refractivity contribution in [3.05, 3.63) is 42.1 Å². The molecule has 2 heterocycles. The second kappa shape index (κ2) is 4.97. The number of aliphatic hydroxyl groups is 1. The molecule has 0 fully saturated rings. The zero-order chi connectivity index (χ0) is 10.8. The van der Waals surface area contributed by atoms with Crippen LogP contribution in [0.4, 0.5) is 0 Å². The maximum absolute atomic E-state index is 9.95. The molecule has 0 aliphatic heterocycles. The second-order valence-corrected chi connectivity index (χ2v) is 7.20. The Balaban J connectivity index is 2.06. The maximum Gasteiger partial charge on any atom is 0.0931 e. The summed E-state index contributed by atoms with van der Waals surface area (Å²) in [5.74, 6) is 0. The van der Waals surface area contributed by atoms with E-state index in [1.165, 1.54) is 11.3 Å². The maximum atomic E-state index is 9.95. The first-order valence-corrected chi connectivity index (χ1v) is 7.18. The zero-order valence-corrected chi connectivity index (χ0v) is 11.6. The monoisotopic (exact) mass is 322 g/mol. The molecular formula is C10H8BrClOS2. The van der Waals surface area contributed by atoms with Crippen molar-refractivity contribution < 1.29 is 5.11 Å². The van der Waals surface area contributed by atoms with E-state index in [2.05, 4.69) is 15.9 Å². The molecule has 0 aromatic carbocycles. The molecule has 0 saturated heterocycles. The number of thiophene rings is 2. The van der Waals surface area contributed by atoms with Gasteiger partial charge in [0.05, 0.1) is 14.2 Å². The summed E-state index contributed by atoms with van der Waals surface area (Å²) in [7, 11) is 0. The van der Waals surface area contributed by atoms with Gasteiger partial charge in [-0.05, 0) is 45.1 Å². The standard InChI is InChI=1S/C10H8BrClOS2/c11-9-3-6(5-14-9)8(13)4-7-1-2-10(12)15-7/h1-3,5,8,13H,4H2. The number of hydrogen-bond donors (Lipinski definition) is 1. The first kappa shape index (κ1) is 11.6. The largest absolute Gasteiger partial charge is 0.388 e. The number of halogens is 2. The number of aliphatic hydroxyl groups excluding tert-OH is 1. The summed E-state index contributed by atoms with van der Waals surface area (Å²) >= 11 is 12.3. The number of rotatable bonds is 3. The summed E-state index contributed by atoms with van der Waals surface area (Å²) < 4.78 is 1.81. The van der Waals surface area contributed by atoms with Crippen LogP contribution in [0, 0.1) is 0 Å². The summed E-state index contributed by atoms with van der Waals surface area (Å²) in [5.41, 5.74) is 0.955. The number of hydrogen-bond acceptors (Lipinski definition) is 3. The Labute approximate surface area is 109 Å². The fraction of sp³-hybridized carbons (Fsp3) is 0.200. The van der Waals surface area contributed by atoms with E-state index in [1.54, 1.807) is 11.3 Å². The molecule has 2 rings (SSSR count). The molecule has 2 aromatic heterocycles. The lowest BCUT2D eigenvalue weighted by Crippen LogP contribution is -1.98. The van der Waals surface area contributed by atoms with Crippen LogP contribution in [0.5, 0.6) is 0 Å². The molecule has 1 unspecified atom stereocenters. The average molecular weight is 324 g/mol. The normalized spacial score (nSPS) is 13.0. The van der Waals surface area contributed by atoms with Crippen molar-refractivity contribution in [2.75, 3.05) is 0 Å². The van der Waals surface area contributed by atoms with E-state index in [9.17, 15) is 5.11 Å². The van der Waals surface area contributed by atoms with Crippen molar-refractivity contribution in [3.63, 3.8) is 0 Å². The van der Waals surface area contributed by atoms with E-state index < -0.39 is 6.10 Å². The SMILES string of the molecule is OC(Cc1ccc(Cl)s1)c1csc(Br)c1. The lowest BCUT2D eigenvalue weighted by atomic mass is 10.1. The molecule has 0 bridgehead atoms. The predicted molar refractivity (Wildman–Crippen MR) is 70.0 cm³/mol. The van der Waals surface area contributed by atoms with Crippen LogP contribution in [-0.4, -0.2) is 5.11 Å². The van der Waals surface area contributed by atoms with Crippen LogP contribution in [0.25, 0.3) is 0 Å². The van der Waals surface area contributed by atoms with E-state index >= 15 is 0 Å². The third-order valence-corrected chi connectivity index (χ3v) is 4.77. The van der Waals surface area contributed by atoms with Gasteiger partial charge in [0.2, 0.25) is 0 Å². The fourth-order valence-corrected chi connectivity index (χ4v) is 3.61. The molecule has 80 valence electrons. The molecule has 0 saturated carbocycles. The highest BCUT2D eigenvalue weighted by Gasteiger charge is 2.11. The molecule has 0 aliphatic carbocycles. The van der Waals surface area contributed by atoms with Crippen LogP contribution < -0.4 is 0 Å². The Hall–Kier alpha value is 0.130. The Bertz CT molecular complexity index is 452. The van der Waals surface area contributed by atoms with Gasteiger partial charge in [0.15, 0.2) is 0 Å². The Kier molecular flexibility index (Phi) is 3.85. The van der Waals surface area contributed by atoms with Crippen LogP contribution in [-0.2, 0) is 6.42 Å². The van der Waals surface area contributed by atoms with Gasteiger partial charge in [-0.2, -0.15) is 0 Å². The van der Waals surface area contributed by atoms with E-state index in [-0.39, 0.29) is 0 Å². The van der Waals surface area contributed by atoms with Crippen molar-refractivity contribution in [1.29, 1.82) is 0 Å². The minimum Gasteiger partial charge on any atom is -0.388 e. The summed E-state index contributed by atoms with van der Waals surface area (Å²) in [4.78, 5) is 1.11. The molecule has 15 heavy (non-hydrogen) atoms. The van der Waals surface area contributed by atoms with Crippen LogP contribution in [0.1, 0.15) is 16.5 Å². The molecule has 1 nitrogen and oxygen atoms in total. The Morgan fingerprint density at radius 1 is 1.47 bits per heavy atom. The molecular weight excluding hydrogens is 316 g/mol. The molecule has 5 heteroatoms. The highest BCUT2D eigenvalue weighted by Crippen LogP contribution is 2.30. The first-order chi connectivity index (χ1) is 7.15. The second-order valence-electron chi connectivity index (χ2n) is 3.11. The smallest absolute Gasteiger partial charge is 0.0931 e. The predicted octanol–water partition coefficient (Wildman–Crippen LogP) is 4.50. The van der Waals surface area contributed by atoms with Gasteiger partial charge in [0.25, 0.3) is 0 Å². The summed E-state index contributed by atoms with van der Waals surface area (Å²) in [5, 5.41) is 11.9. The van der Waals surface area contributed by atoms with Gasteiger partial charge in [-0.25, -0.2) is 0 Å². The first-order valence-electron chi connectivity index (χ1n) is 4.31. The van der Waals surface area contributed by atoms with Crippen molar-refractivity contribution in [2.24, 2.45) is 0 Å². The lowest BCUT2D eigenvalue weighted by molar-refractivity contribution is 0.180. The van der Waals surface area contributed by atoms with Gasteiger partial charge in [0.1, 0.15) is 0 Å². The topological polar surface area (TPSA) is 20.2 Å². The van der Waals surface area contributed by atoms with E-state index in [4.69, 9.17) is 11.6 Å². The van der Waals surface area contributed by atoms with Gasteiger partial charge in [0, 0.05) is 11.3 Å². The molecule has 1 N–H and O–H groups in total. The summed E-state index contributed by atoms with van der Waals surface area (Å²) in [6, 6.07) is 5.76. The van der Waals surface area contributed by atoms with Gasteiger partial charge in [-0.3, -0.25) is 0 Å². The molecule has 0 spiro atoms. The van der Waals surface area contributed by atoms with Gasteiger partial charge < -0.3 is 5.11 Å². The molecule has 0 aliphatic rings. The summed E-state index contributed by atoms with van der Waals surface area (Å²) in [6.07, 6.45) is 0.183. The third-order valence-electron chi connectivity index (χ3n) is 2.00. The fourth-order valence-electron chi connectivity index (χ4n) is 1.27. The van der Waals surface area contributed by atoms with Gasteiger partial charge in [-0.1, -0.05) is 11.6 Å². The molecule has 1 atom stereocenters. The van der Waals surface area contributed by atoms with E-state index in [1.807, 2.05) is 23.6 Å². The van der Waals surface area contributed by atoms with Crippen LogP contribution in [0.3, 0.4) is 0 Å². The zero-order valence-electron chi connectivity index (χ0n) is 7.61. The van der Waals surface area contributed by atoms with Crippen molar-refractivity contribution in [2.45, 2.75) is 12.5 Å². The van der Waals surface area contributed by atoms with E-state index in [0.29, 0.717) is 6.42 Å². The van der Waals surface area contributed by atoms with Gasteiger partial charge >= 0.3 is 0 Å². The molecule has 2 aromatic rings. The highest BCUT2D eigenvalue weighted by molar-refractivity contribution is 9.11. The van der Waals surface area contributed by atoms with Crippen molar-refractivity contribution in [1.82, 2.24) is 0 Å². The minimum absolute atomic E-state index is 0.442. The molecule has 0 amide bonds. The van der Waals surface area contributed by atoms with Crippen molar-refractivity contribution >= 4 is 50.2 Å². The van der Waals surface area contributed by atoms with E-state index in [0.717, 1.165) is 18.6 Å². The van der Waals surface area contributed by atoms with Crippen molar-refractivity contribution in [3.8, 4) is 0 Å². The summed E-state index contributed by atoms with van der Waals surface area (Å²) in [6.45, 7) is 0. The minimum atomic E-state index is -0.442. The molecule has 0 radical (unpaired) electrons. The third kappa shape index (κ3) is 3.04. The Morgan fingerprint density at radius 3 is 2.80 bits per heavy atom. The Morgan fingerprint density at radius 2 is 2.27 bits per heavy atom. The van der Waals surface area contributed by atoms with Crippen LogP contribution in [0.2, 0.25) is 4.34 Å². The van der Waals surface area contributed by atoms with Gasteiger partial charge in [-0.15, -0.1) is 22.7 Å². The van der Waals surface area contributed by atoms with Crippen LogP contribution in [0.15, 0.2) is 27.4 Å². The highest BCUT2D eigenvalue weighted by atomic mass is 79.9. The lowest BCUT2D eigenvalue weighted by Gasteiger charge is -2.06.